The van der Waals surface area contributed by atoms with Crippen LogP contribution in [-0.2, 0) is 20.5 Å². The van der Waals surface area contributed by atoms with Gasteiger partial charge in [-0.2, -0.15) is 0 Å². The summed E-state index contributed by atoms with van der Waals surface area (Å²) in [5.41, 5.74) is 1.11. The molecule has 0 aliphatic carbocycles. The lowest BCUT2D eigenvalue weighted by molar-refractivity contribution is -0.120. The van der Waals surface area contributed by atoms with Crippen LogP contribution in [-0.4, -0.2) is 30.3 Å². The van der Waals surface area contributed by atoms with Crippen molar-refractivity contribution in [2.45, 2.75) is 65.2 Å². The molecule has 1 aliphatic heterocycles. The molecule has 22 heavy (non-hydrogen) atoms. The lowest BCUT2D eigenvalue weighted by atomic mass is 9.75. The Morgan fingerprint density at radius 1 is 1.14 bits per heavy atom. The van der Waals surface area contributed by atoms with Crippen molar-refractivity contribution < 1.29 is 14.1 Å². The molecule has 120 valence electrons. The standard InChI is InChI=1S/C17H26BNO3/c1-12(2)19-15(20)11-13-9-7-8-10-14(13)18-21-16(3,4)17(5,6)22-18/h7-10,12H,11H2,1-6H3,(H,19,20). The number of nitrogens with one attached hydrogen (secondary N) is 1. The van der Waals surface area contributed by atoms with Gasteiger partial charge in [0.2, 0.25) is 5.91 Å². The van der Waals surface area contributed by atoms with Gasteiger partial charge in [0.15, 0.2) is 0 Å². The van der Waals surface area contributed by atoms with Crippen LogP contribution in [0.15, 0.2) is 24.3 Å². The molecule has 1 aromatic rings. The fourth-order valence-corrected chi connectivity index (χ4v) is 2.44. The Labute approximate surface area is 133 Å². The van der Waals surface area contributed by atoms with Gasteiger partial charge >= 0.3 is 7.12 Å². The molecule has 5 heteroatoms. The average molecular weight is 303 g/mol. The minimum absolute atomic E-state index is 0.0129. The maximum absolute atomic E-state index is 12.1. The van der Waals surface area contributed by atoms with Crippen LogP contribution in [0.4, 0.5) is 0 Å². The summed E-state index contributed by atoms with van der Waals surface area (Å²) >= 11 is 0. The molecular formula is C17H26BNO3. The van der Waals surface area contributed by atoms with E-state index in [9.17, 15) is 4.79 Å². The average Bonchev–Trinajstić information content (AvgIpc) is 2.57. The molecule has 1 fully saturated rings. The van der Waals surface area contributed by atoms with Gasteiger partial charge in [0.25, 0.3) is 0 Å². The Kier molecular flexibility index (Phi) is 4.69. The third-order valence-corrected chi connectivity index (χ3v) is 4.36. The minimum atomic E-state index is -0.437. The highest BCUT2D eigenvalue weighted by atomic mass is 16.7. The third-order valence-electron chi connectivity index (χ3n) is 4.36. The van der Waals surface area contributed by atoms with Crippen molar-refractivity contribution in [3.8, 4) is 0 Å². The van der Waals surface area contributed by atoms with Crippen LogP contribution in [0.3, 0.4) is 0 Å². The maximum atomic E-state index is 12.1. The molecular weight excluding hydrogens is 277 g/mol. The second kappa shape index (κ2) is 6.05. The van der Waals surface area contributed by atoms with E-state index in [1.54, 1.807) is 0 Å². The van der Waals surface area contributed by atoms with Crippen molar-refractivity contribution in [1.29, 1.82) is 0 Å². The van der Waals surface area contributed by atoms with Crippen molar-refractivity contribution in [3.05, 3.63) is 29.8 Å². The first kappa shape index (κ1) is 17.0. The van der Waals surface area contributed by atoms with Gasteiger partial charge < -0.3 is 14.6 Å². The Bertz CT molecular complexity index is 539. The van der Waals surface area contributed by atoms with Gasteiger partial charge in [-0.15, -0.1) is 0 Å². The molecule has 1 saturated heterocycles. The summed E-state index contributed by atoms with van der Waals surface area (Å²) in [6.07, 6.45) is 0.332. The van der Waals surface area contributed by atoms with E-state index in [-0.39, 0.29) is 23.2 Å². The normalized spacial score (nSPS) is 19.5. The minimum Gasteiger partial charge on any atom is -0.399 e. The van der Waals surface area contributed by atoms with E-state index in [0.29, 0.717) is 6.42 Å². The first-order valence-electron chi connectivity index (χ1n) is 7.85. The molecule has 1 aromatic carbocycles. The van der Waals surface area contributed by atoms with Gasteiger partial charge in [0.1, 0.15) is 0 Å². The van der Waals surface area contributed by atoms with E-state index in [1.807, 2.05) is 65.8 Å². The number of hydrogen-bond acceptors (Lipinski definition) is 3. The summed E-state index contributed by atoms with van der Waals surface area (Å²) < 4.78 is 12.2. The number of rotatable bonds is 4. The first-order chi connectivity index (χ1) is 10.1. The lowest BCUT2D eigenvalue weighted by Gasteiger charge is -2.32. The molecule has 0 spiro atoms. The molecule has 0 atom stereocenters. The van der Waals surface area contributed by atoms with E-state index in [0.717, 1.165) is 11.0 Å². The zero-order valence-electron chi connectivity index (χ0n) is 14.4. The van der Waals surface area contributed by atoms with Crippen LogP contribution in [0.5, 0.6) is 0 Å². The third kappa shape index (κ3) is 3.53. The Balaban J connectivity index is 2.21. The van der Waals surface area contributed by atoms with Crippen LogP contribution in [0.25, 0.3) is 0 Å². The molecule has 2 rings (SSSR count). The Morgan fingerprint density at radius 3 is 2.23 bits per heavy atom. The summed E-state index contributed by atoms with van der Waals surface area (Å²) in [6.45, 7) is 12.0. The maximum Gasteiger partial charge on any atom is 0.495 e. The van der Waals surface area contributed by atoms with E-state index in [4.69, 9.17) is 9.31 Å². The van der Waals surface area contributed by atoms with Gasteiger partial charge in [0.05, 0.1) is 17.6 Å². The topological polar surface area (TPSA) is 47.6 Å². The molecule has 1 aliphatic rings. The molecule has 0 radical (unpaired) electrons. The predicted octanol–water partition coefficient (Wildman–Crippen LogP) is 2.05. The molecule has 0 aromatic heterocycles. The number of carbonyl (C=O) groups is 1. The van der Waals surface area contributed by atoms with Crippen LogP contribution < -0.4 is 10.8 Å². The number of benzene rings is 1. The second-order valence-corrected chi connectivity index (χ2v) is 7.19. The summed E-state index contributed by atoms with van der Waals surface area (Å²) in [7, 11) is -0.437. The van der Waals surface area contributed by atoms with Gasteiger partial charge in [-0.05, 0) is 52.6 Å². The molecule has 4 nitrogen and oxygen atoms in total. The summed E-state index contributed by atoms with van der Waals surface area (Å²) in [6, 6.07) is 7.95. The quantitative estimate of drug-likeness (QED) is 0.866. The highest BCUT2D eigenvalue weighted by molar-refractivity contribution is 6.62. The first-order valence-corrected chi connectivity index (χ1v) is 7.85. The number of hydrogen-bond donors (Lipinski definition) is 1. The van der Waals surface area contributed by atoms with Crippen LogP contribution in [0.1, 0.15) is 47.1 Å². The highest BCUT2D eigenvalue weighted by Crippen LogP contribution is 2.36. The number of amides is 1. The monoisotopic (exact) mass is 303 g/mol. The van der Waals surface area contributed by atoms with E-state index in [2.05, 4.69) is 5.32 Å². The molecule has 1 amide bonds. The van der Waals surface area contributed by atoms with E-state index >= 15 is 0 Å². The van der Waals surface area contributed by atoms with Crippen molar-refractivity contribution in [3.63, 3.8) is 0 Å². The molecule has 1 heterocycles. The van der Waals surface area contributed by atoms with Crippen LogP contribution >= 0.6 is 0 Å². The van der Waals surface area contributed by atoms with Crippen molar-refractivity contribution in [2.75, 3.05) is 0 Å². The van der Waals surface area contributed by atoms with E-state index < -0.39 is 7.12 Å². The molecule has 0 saturated carbocycles. The lowest BCUT2D eigenvalue weighted by Crippen LogP contribution is -2.41. The Hall–Kier alpha value is -1.33. The fraction of sp³-hybridized carbons (Fsp3) is 0.588. The smallest absolute Gasteiger partial charge is 0.399 e. The zero-order chi connectivity index (χ0) is 16.5. The van der Waals surface area contributed by atoms with Gasteiger partial charge in [-0.25, -0.2) is 0 Å². The molecule has 1 N–H and O–H groups in total. The molecule has 0 unspecified atom stereocenters. The van der Waals surface area contributed by atoms with Crippen molar-refractivity contribution in [1.82, 2.24) is 5.32 Å². The zero-order valence-corrected chi connectivity index (χ0v) is 14.4. The summed E-state index contributed by atoms with van der Waals surface area (Å²) in [5, 5.41) is 2.92. The second-order valence-electron chi connectivity index (χ2n) is 7.19. The fourth-order valence-electron chi connectivity index (χ4n) is 2.44. The Morgan fingerprint density at radius 2 is 1.68 bits per heavy atom. The van der Waals surface area contributed by atoms with Crippen LogP contribution in [0.2, 0.25) is 0 Å². The van der Waals surface area contributed by atoms with Gasteiger partial charge in [0, 0.05) is 6.04 Å². The van der Waals surface area contributed by atoms with Crippen LogP contribution in [0, 0.1) is 0 Å². The number of carbonyl (C=O) groups excluding carboxylic acids is 1. The van der Waals surface area contributed by atoms with Crippen molar-refractivity contribution in [2.24, 2.45) is 0 Å². The predicted molar refractivity (Wildman–Crippen MR) is 89.1 cm³/mol. The van der Waals surface area contributed by atoms with Gasteiger partial charge in [-0.3, -0.25) is 4.79 Å². The van der Waals surface area contributed by atoms with E-state index in [1.165, 1.54) is 0 Å². The summed E-state index contributed by atoms with van der Waals surface area (Å²) in [4.78, 5) is 12.1. The van der Waals surface area contributed by atoms with Crippen molar-refractivity contribution >= 4 is 18.5 Å². The SMILES string of the molecule is CC(C)NC(=O)Cc1ccccc1B1OC(C)(C)C(C)(C)O1. The van der Waals surface area contributed by atoms with Gasteiger partial charge in [-0.1, -0.05) is 24.3 Å². The summed E-state index contributed by atoms with van der Waals surface area (Å²) in [5.74, 6) is 0.0129. The molecule has 0 bridgehead atoms. The largest absolute Gasteiger partial charge is 0.495 e. The highest BCUT2D eigenvalue weighted by Gasteiger charge is 2.52.